The lowest BCUT2D eigenvalue weighted by Crippen LogP contribution is -2.15. The van der Waals surface area contributed by atoms with E-state index in [4.69, 9.17) is 0 Å². The van der Waals surface area contributed by atoms with E-state index < -0.39 is 0 Å². The number of benzene rings is 7. The number of hydrogen-bond acceptors (Lipinski definition) is 3. The minimum absolute atomic E-state index is 0.0427. The minimum Gasteiger partial charge on any atom is -0.310 e. The van der Waals surface area contributed by atoms with Gasteiger partial charge < -0.3 is 4.90 Å². The first-order valence-electron chi connectivity index (χ1n) is 15.8. The lowest BCUT2D eigenvalue weighted by Gasteiger charge is -2.27. The Morgan fingerprint density at radius 3 is 1.85 bits per heavy atom. The molecule has 7 aromatic carbocycles. The Morgan fingerprint density at radius 2 is 1.07 bits per heavy atom. The molecule has 2 aliphatic rings. The quantitative estimate of drug-likeness (QED) is 0.192. The fraction of sp³-hybridized carbons (Fsp3) is 0.0698. The van der Waals surface area contributed by atoms with Crippen LogP contribution in [-0.2, 0) is 5.41 Å². The largest absolute Gasteiger partial charge is 0.310 e. The Balaban J connectivity index is 1.11. The molecule has 46 heavy (non-hydrogen) atoms. The predicted octanol–water partition coefficient (Wildman–Crippen LogP) is 12.9. The third-order valence-electron chi connectivity index (χ3n) is 9.51. The number of nitrogens with zero attached hydrogens (tertiary/aromatic N) is 1. The van der Waals surface area contributed by atoms with E-state index in [1.54, 1.807) is 0 Å². The van der Waals surface area contributed by atoms with E-state index in [9.17, 15) is 0 Å². The van der Waals surface area contributed by atoms with Crippen LogP contribution in [0.4, 0.5) is 17.1 Å². The van der Waals surface area contributed by atoms with E-state index in [0.717, 1.165) is 11.4 Å². The molecule has 0 N–H and O–H groups in total. The molecular formula is C43H31NS2. The van der Waals surface area contributed by atoms with Crippen molar-refractivity contribution in [2.24, 2.45) is 0 Å². The first-order chi connectivity index (χ1) is 22.5. The Labute approximate surface area is 278 Å². The maximum atomic E-state index is 2.46. The van der Waals surface area contributed by atoms with E-state index in [-0.39, 0.29) is 5.41 Å². The van der Waals surface area contributed by atoms with E-state index >= 15 is 0 Å². The van der Waals surface area contributed by atoms with Gasteiger partial charge in [0, 0.05) is 41.8 Å². The van der Waals surface area contributed by atoms with Gasteiger partial charge in [-0.05, 0) is 99.4 Å². The van der Waals surface area contributed by atoms with Gasteiger partial charge >= 0.3 is 0 Å². The van der Waals surface area contributed by atoms with E-state index in [2.05, 4.69) is 170 Å². The predicted molar refractivity (Wildman–Crippen MR) is 196 cm³/mol. The molecule has 0 atom stereocenters. The molecule has 0 amide bonds. The number of para-hydroxylation sites is 1. The van der Waals surface area contributed by atoms with Crippen molar-refractivity contribution in [1.82, 2.24) is 0 Å². The van der Waals surface area contributed by atoms with Gasteiger partial charge in [0.15, 0.2) is 0 Å². The van der Waals surface area contributed by atoms with Gasteiger partial charge in [-0.25, -0.2) is 0 Å². The SMILES string of the molecule is CC1(C)c2ccc(-c3ccc(N(c4ccccc4)c4cccc5ccccc45)cc3)cc2-c2cc3c(cc21)Sc1ccccc1S3. The van der Waals surface area contributed by atoms with Crippen LogP contribution in [0.1, 0.15) is 25.0 Å². The molecule has 3 heteroatoms. The lowest BCUT2D eigenvalue weighted by molar-refractivity contribution is 0.657. The highest BCUT2D eigenvalue weighted by Gasteiger charge is 2.37. The Bertz CT molecular complexity index is 2280. The van der Waals surface area contributed by atoms with Crippen molar-refractivity contribution in [2.45, 2.75) is 38.8 Å². The molecule has 1 aliphatic heterocycles. The van der Waals surface area contributed by atoms with E-state index in [1.807, 2.05) is 23.5 Å². The second-order valence-corrected chi connectivity index (χ2v) is 14.8. The zero-order chi connectivity index (χ0) is 30.8. The van der Waals surface area contributed by atoms with Crippen LogP contribution < -0.4 is 4.90 Å². The van der Waals surface area contributed by atoms with Crippen molar-refractivity contribution >= 4 is 51.4 Å². The first-order valence-corrected chi connectivity index (χ1v) is 17.4. The average Bonchev–Trinajstić information content (AvgIpc) is 3.32. The summed E-state index contributed by atoms with van der Waals surface area (Å²) in [6.07, 6.45) is 0. The molecule has 0 aromatic heterocycles. The molecule has 9 rings (SSSR count). The van der Waals surface area contributed by atoms with Crippen LogP contribution in [-0.4, -0.2) is 0 Å². The van der Waals surface area contributed by atoms with Gasteiger partial charge in [-0.15, -0.1) is 0 Å². The van der Waals surface area contributed by atoms with Gasteiger partial charge in [0.1, 0.15) is 0 Å². The van der Waals surface area contributed by atoms with Crippen molar-refractivity contribution in [1.29, 1.82) is 0 Å². The van der Waals surface area contributed by atoms with Crippen LogP contribution in [0, 0.1) is 0 Å². The highest BCUT2D eigenvalue weighted by atomic mass is 32.2. The van der Waals surface area contributed by atoms with Gasteiger partial charge in [0.2, 0.25) is 0 Å². The third kappa shape index (κ3) is 4.41. The van der Waals surface area contributed by atoms with Crippen molar-refractivity contribution < 1.29 is 0 Å². The second kappa shape index (κ2) is 10.7. The average molecular weight is 626 g/mol. The summed E-state index contributed by atoms with van der Waals surface area (Å²) in [4.78, 5) is 7.79. The highest BCUT2D eigenvalue weighted by molar-refractivity contribution is 8.05. The molecule has 1 aliphatic carbocycles. The second-order valence-electron chi connectivity index (χ2n) is 12.6. The van der Waals surface area contributed by atoms with Crippen molar-refractivity contribution in [3.05, 3.63) is 163 Å². The molecule has 0 spiro atoms. The fourth-order valence-electron chi connectivity index (χ4n) is 7.16. The standard InChI is InChI=1S/C43H31NS2/c1-43(2)36-24-21-30(25-34(36)35-26-41-42(27-37(35)43)46-40-18-9-8-17-39(40)45-41)28-19-22-32(23-20-28)44(31-13-4-3-5-14-31)38-16-10-12-29-11-6-7-15-33(29)38/h3-27H,1-2H3. The summed E-state index contributed by atoms with van der Waals surface area (Å²) < 4.78 is 0. The monoisotopic (exact) mass is 625 g/mol. The van der Waals surface area contributed by atoms with E-state index in [0.29, 0.717) is 0 Å². The van der Waals surface area contributed by atoms with Crippen LogP contribution in [0.2, 0.25) is 0 Å². The summed E-state index contributed by atoms with van der Waals surface area (Å²) in [5.41, 5.74) is 11.4. The number of fused-ring (bicyclic) bond motifs is 6. The highest BCUT2D eigenvalue weighted by Crippen LogP contribution is 2.56. The zero-order valence-electron chi connectivity index (χ0n) is 25.7. The molecule has 0 unspecified atom stereocenters. The Morgan fingerprint density at radius 1 is 0.457 bits per heavy atom. The molecule has 7 aromatic rings. The molecule has 0 radical (unpaired) electrons. The van der Waals surface area contributed by atoms with Crippen LogP contribution in [0.15, 0.2) is 171 Å². The topological polar surface area (TPSA) is 3.24 Å². The van der Waals surface area contributed by atoms with Gasteiger partial charge in [0.05, 0.1) is 5.69 Å². The Kier molecular flexibility index (Phi) is 6.41. The molecule has 0 saturated heterocycles. The molecular weight excluding hydrogens is 595 g/mol. The first kappa shape index (κ1) is 27.6. The zero-order valence-corrected chi connectivity index (χ0v) is 27.3. The lowest BCUT2D eigenvalue weighted by atomic mass is 9.82. The van der Waals surface area contributed by atoms with Gasteiger partial charge in [-0.3, -0.25) is 0 Å². The third-order valence-corrected chi connectivity index (χ3v) is 12.0. The molecule has 0 bridgehead atoms. The van der Waals surface area contributed by atoms with E-state index in [1.165, 1.54) is 69.4 Å². The maximum absolute atomic E-state index is 2.46. The molecule has 1 nitrogen and oxygen atoms in total. The number of rotatable bonds is 4. The Hall–Kier alpha value is -4.70. The molecule has 0 saturated carbocycles. The summed E-state index contributed by atoms with van der Waals surface area (Å²) in [6, 6.07) is 55.7. The maximum Gasteiger partial charge on any atom is 0.0540 e. The van der Waals surface area contributed by atoms with Gasteiger partial charge in [-0.1, -0.05) is 128 Å². The summed E-state index contributed by atoms with van der Waals surface area (Å²) in [5.74, 6) is 0. The van der Waals surface area contributed by atoms with Crippen molar-refractivity contribution in [3.8, 4) is 22.3 Å². The molecule has 1 heterocycles. The summed E-state index contributed by atoms with van der Waals surface area (Å²) in [7, 11) is 0. The van der Waals surface area contributed by atoms with Crippen LogP contribution in [0.3, 0.4) is 0 Å². The number of hydrogen-bond donors (Lipinski definition) is 0. The van der Waals surface area contributed by atoms with Crippen LogP contribution in [0.5, 0.6) is 0 Å². The molecule has 0 fully saturated rings. The van der Waals surface area contributed by atoms with Crippen molar-refractivity contribution in [3.63, 3.8) is 0 Å². The fourth-order valence-corrected chi connectivity index (χ4v) is 9.44. The summed E-state index contributed by atoms with van der Waals surface area (Å²) in [5, 5.41) is 2.47. The summed E-state index contributed by atoms with van der Waals surface area (Å²) >= 11 is 3.80. The summed E-state index contributed by atoms with van der Waals surface area (Å²) in [6.45, 7) is 4.75. The smallest absolute Gasteiger partial charge is 0.0540 e. The van der Waals surface area contributed by atoms with Crippen LogP contribution >= 0.6 is 23.5 Å². The number of anilines is 3. The minimum atomic E-state index is -0.0427. The molecule has 220 valence electrons. The van der Waals surface area contributed by atoms with Gasteiger partial charge in [-0.2, -0.15) is 0 Å². The van der Waals surface area contributed by atoms with Crippen LogP contribution in [0.25, 0.3) is 33.0 Å². The van der Waals surface area contributed by atoms with Gasteiger partial charge in [0.25, 0.3) is 0 Å². The normalized spacial score (nSPS) is 13.9. The van der Waals surface area contributed by atoms with Crippen molar-refractivity contribution in [2.75, 3.05) is 4.90 Å².